The summed E-state index contributed by atoms with van der Waals surface area (Å²) in [6.45, 7) is 0.294. The first-order valence-electron chi connectivity index (χ1n) is 10.3. The number of carbonyl (C=O) groups is 1. The third kappa shape index (κ3) is 5.72. The molecule has 0 atom stereocenters. The lowest BCUT2D eigenvalue weighted by Gasteiger charge is -2.16. The number of hydrazine groups is 1. The summed E-state index contributed by atoms with van der Waals surface area (Å²) >= 11 is 0. The Balaban J connectivity index is 1.40. The fraction of sp³-hybridized carbons (Fsp3) is 0.217. The summed E-state index contributed by atoms with van der Waals surface area (Å²) in [5, 5.41) is 6.63. The minimum absolute atomic E-state index is 0.101. The molecule has 0 spiro atoms. The summed E-state index contributed by atoms with van der Waals surface area (Å²) < 4.78 is 48.5. The van der Waals surface area contributed by atoms with Crippen molar-refractivity contribution in [2.24, 2.45) is 0 Å². The van der Waals surface area contributed by atoms with Crippen molar-refractivity contribution in [2.75, 3.05) is 0 Å². The Labute approximate surface area is 187 Å². The van der Waals surface area contributed by atoms with Crippen LogP contribution in [0.4, 0.5) is 13.2 Å². The van der Waals surface area contributed by atoms with E-state index >= 15 is 0 Å². The number of carbonyl (C=O) groups excluding carboxylic acids is 1. The fourth-order valence-corrected chi connectivity index (χ4v) is 3.25. The van der Waals surface area contributed by atoms with Crippen LogP contribution in [-0.2, 0) is 12.7 Å². The third-order valence-electron chi connectivity index (χ3n) is 4.98. The normalized spacial score (nSPS) is 14.3. The molecule has 33 heavy (non-hydrogen) atoms. The van der Waals surface area contributed by atoms with Gasteiger partial charge >= 0.3 is 6.18 Å². The molecule has 2 aromatic heterocycles. The molecule has 0 bridgehead atoms. The van der Waals surface area contributed by atoms with E-state index in [0.717, 1.165) is 30.7 Å². The lowest BCUT2D eigenvalue weighted by Crippen LogP contribution is -2.34. The van der Waals surface area contributed by atoms with Crippen LogP contribution in [0.15, 0.2) is 81.2 Å². The van der Waals surface area contributed by atoms with Crippen molar-refractivity contribution >= 4 is 5.91 Å². The van der Waals surface area contributed by atoms with E-state index in [9.17, 15) is 18.0 Å². The summed E-state index contributed by atoms with van der Waals surface area (Å²) in [5.74, 6) is 0.359. The second kappa shape index (κ2) is 9.78. The summed E-state index contributed by atoms with van der Waals surface area (Å²) in [6, 6.07) is 9.82. The van der Waals surface area contributed by atoms with Crippen LogP contribution in [0, 0.1) is 0 Å². The molecule has 0 radical (unpaired) electrons. The van der Waals surface area contributed by atoms with Crippen molar-refractivity contribution in [2.45, 2.75) is 32.0 Å². The number of aromatic nitrogens is 1. The zero-order valence-electron chi connectivity index (χ0n) is 17.4. The van der Waals surface area contributed by atoms with E-state index < -0.39 is 17.6 Å². The SMILES string of the molecule is O=C(NC1=C(NNCc2ccc(C(F)(F)F)cc2)CCCC=C1)c1cc(-c2ccco2)on1. The minimum atomic E-state index is -4.36. The number of rotatable bonds is 7. The van der Waals surface area contributed by atoms with Gasteiger partial charge in [-0.15, -0.1) is 0 Å². The first-order valence-corrected chi connectivity index (χ1v) is 10.3. The third-order valence-corrected chi connectivity index (χ3v) is 4.98. The van der Waals surface area contributed by atoms with Crippen molar-refractivity contribution in [1.29, 1.82) is 0 Å². The molecule has 0 saturated heterocycles. The monoisotopic (exact) mass is 458 g/mol. The van der Waals surface area contributed by atoms with Crippen molar-refractivity contribution in [3.05, 3.63) is 89.1 Å². The Hall–Kier alpha value is -3.79. The van der Waals surface area contributed by atoms with Crippen LogP contribution in [0.2, 0.25) is 0 Å². The van der Waals surface area contributed by atoms with Gasteiger partial charge in [-0.3, -0.25) is 4.79 Å². The van der Waals surface area contributed by atoms with E-state index in [2.05, 4.69) is 21.3 Å². The van der Waals surface area contributed by atoms with Gasteiger partial charge in [-0.1, -0.05) is 23.4 Å². The van der Waals surface area contributed by atoms with Gasteiger partial charge in [0.15, 0.2) is 11.5 Å². The van der Waals surface area contributed by atoms with E-state index in [-0.39, 0.29) is 5.69 Å². The van der Waals surface area contributed by atoms with Crippen molar-refractivity contribution in [3.8, 4) is 11.5 Å². The molecule has 10 heteroatoms. The Morgan fingerprint density at radius 2 is 1.94 bits per heavy atom. The van der Waals surface area contributed by atoms with Gasteiger partial charge in [-0.2, -0.15) is 13.2 Å². The molecule has 0 fully saturated rings. The standard InChI is InChI=1S/C23H21F3N4O3/c24-23(25,26)16-10-8-15(9-11-16)14-27-29-18-6-3-1-2-5-17(18)28-22(31)19-13-21(33-30-19)20-7-4-12-32-20/h2,4-5,7-13,27,29H,1,3,6,14H2,(H,28,31). The lowest BCUT2D eigenvalue weighted by molar-refractivity contribution is -0.137. The molecule has 3 aromatic rings. The molecule has 1 amide bonds. The van der Waals surface area contributed by atoms with Gasteiger partial charge in [0.2, 0.25) is 5.76 Å². The van der Waals surface area contributed by atoms with Crippen LogP contribution in [0.3, 0.4) is 0 Å². The molecule has 172 valence electrons. The summed E-state index contributed by atoms with van der Waals surface area (Å²) in [7, 11) is 0. The number of hydrogen-bond acceptors (Lipinski definition) is 6. The number of amides is 1. The van der Waals surface area contributed by atoms with Gasteiger partial charge in [0.25, 0.3) is 5.91 Å². The molecule has 1 aliphatic carbocycles. The van der Waals surface area contributed by atoms with Crippen LogP contribution in [0.1, 0.15) is 40.9 Å². The largest absolute Gasteiger partial charge is 0.461 e. The van der Waals surface area contributed by atoms with Gasteiger partial charge < -0.3 is 19.7 Å². The second-order valence-corrected chi connectivity index (χ2v) is 7.37. The van der Waals surface area contributed by atoms with Crippen LogP contribution in [0.5, 0.6) is 0 Å². The molecule has 2 heterocycles. The average molecular weight is 458 g/mol. The Kier molecular flexibility index (Phi) is 6.64. The zero-order valence-corrected chi connectivity index (χ0v) is 17.4. The summed E-state index contributed by atoms with van der Waals surface area (Å²) in [5.41, 5.74) is 7.48. The highest BCUT2D eigenvalue weighted by Gasteiger charge is 2.29. The van der Waals surface area contributed by atoms with Crippen molar-refractivity contribution in [1.82, 2.24) is 21.3 Å². The number of nitrogens with zero attached hydrogens (tertiary/aromatic N) is 1. The van der Waals surface area contributed by atoms with E-state index in [1.807, 2.05) is 6.08 Å². The zero-order chi connectivity index (χ0) is 23.3. The highest BCUT2D eigenvalue weighted by molar-refractivity contribution is 5.94. The molecule has 4 rings (SSSR count). The van der Waals surface area contributed by atoms with Crippen LogP contribution >= 0.6 is 0 Å². The Morgan fingerprint density at radius 1 is 1.12 bits per heavy atom. The van der Waals surface area contributed by atoms with Crippen molar-refractivity contribution < 1.29 is 26.9 Å². The fourth-order valence-electron chi connectivity index (χ4n) is 3.25. The maximum Gasteiger partial charge on any atom is 0.416 e. The van der Waals surface area contributed by atoms with Gasteiger partial charge in [0.1, 0.15) is 0 Å². The van der Waals surface area contributed by atoms with Crippen LogP contribution in [-0.4, -0.2) is 11.1 Å². The first-order chi connectivity index (χ1) is 15.9. The van der Waals surface area contributed by atoms with Crippen molar-refractivity contribution in [3.63, 3.8) is 0 Å². The van der Waals surface area contributed by atoms with Gasteiger partial charge in [-0.25, -0.2) is 5.43 Å². The molecule has 7 nitrogen and oxygen atoms in total. The van der Waals surface area contributed by atoms with E-state index in [4.69, 9.17) is 8.94 Å². The first kappa shape index (κ1) is 22.4. The predicted molar refractivity (Wildman–Crippen MR) is 113 cm³/mol. The van der Waals surface area contributed by atoms with Crippen LogP contribution in [0.25, 0.3) is 11.5 Å². The maximum absolute atomic E-state index is 12.7. The smallest absolute Gasteiger partial charge is 0.416 e. The van der Waals surface area contributed by atoms with E-state index in [1.54, 1.807) is 18.2 Å². The Bertz CT molecular complexity index is 1150. The van der Waals surface area contributed by atoms with Crippen LogP contribution < -0.4 is 16.2 Å². The highest BCUT2D eigenvalue weighted by Crippen LogP contribution is 2.29. The topological polar surface area (TPSA) is 92.3 Å². The molecule has 0 aliphatic heterocycles. The molecule has 1 aromatic carbocycles. The van der Waals surface area contributed by atoms with E-state index in [0.29, 0.717) is 35.7 Å². The Morgan fingerprint density at radius 3 is 2.67 bits per heavy atom. The molecule has 0 unspecified atom stereocenters. The highest BCUT2D eigenvalue weighted by atomic mass is 19.4. The number of nitrogens with one attached hydrogen (secondary N) is 3. The molecule has 3 N–H and O–H groups in total. The maximum atomic E-state index is 12.7. The number of furan rings is 1. The number of halogens is 3. The average Bonchev–Trinajstić information content (AvgIpc) is 3.45. The number of hydrogen-bond donors (Lipinski definition) is 3. The molecular formula is C23H21F3N4O3. The van der Waals surface area contributed by atoms with Gasteiger partial charge in [-0.05, 0) is 55.2 Å². The van der Waals surface area contributed by atoms with E-state index in [1.165, 1.54) is 24.5 Å². The number of allylic oxidation sites excluding steroid dienone is 3. The predicted octanol–water partition coefficient (Wildman–Crippen LogP) is 4.93. The minimum Gasteiger partial charge on any atom is -0.461 e. The molecule has 0 saturated carbocycles. The number of benzene rings is 1. The second-order valence-electron chi connectivity index (χ2n) is 7.37. The lowest BCUT2D eigenvalue weighted by atomic mass is 10.1. The summed E-state index contributed by atoms with van der Waals surface area (Å²) in [4.78, 5) is 12.7. The van der Waals surface area contributed by atoms with Gasteiger partial charge in [0, 0.05) is 18.3 Å². The quantitative estimate of drug-likeness (QED) is 0.435. The summed E-state index contributed by atoms with van der Waals surface area (Å²) in [6.07, 6.45) is 3.27. The molecule has 1 aliphatic rings. The van der Waals surface area contributed by atoms with Gasteiger partial charge in [0.05, 0.1) is 17.5 Å². The number of alkyl halides is 3. The molecular weight excluding hydrogens is 437 g/mol.